The largest absolute Gasteiger partial charge is 0.478 e. The summed E-state index contributed by atoms with van der Waals surface area (Å²) in [7, 11) is -3.34. The van der Waals surface area contributed by atoms with Crippen molar-refractivity contribution in [3.63, 3.8) is 0 Å². The third-order valence-corrected chi connectivity index (χ3v) is 5.33. The molecule has 3 aromatic rings. The Morgan fingerprint density at radius 3 is 1.48 bits per heavy atom. The van der Waals surface area contributed by atoms with Crippen LogP contribution in [0.2, 0.25) is 5.02 Å². The van der Waals surface area contributed by atoms with Gasteiger partial charge in [0.25, 0.3) is 0 Å². The van der Waals surface area contributed by atoms with E-state index in [4.69, 9.17) is 16.7 Å². The molecule has 0 heterocycles. The van der Waals surface area contributed by atoms with E-state index in [2.05, 4.69) is 0 Å². The van der Waals surface area contributed by atoms with Gasteiger partial charge in [-0.1, -0.05) is 60.1 Å². The fraction of sp³-hybridized carbons (Fsp3) is 0. The second kappa shape index (κ2) is 8.46. The number of carbonyl (C=O) groups is 1. The Balaban J connectivity index is 0.000000196. The Labute approximate surface area is 151 Å². The van der Waals surface area contributed by atoms with Crippen molar-refractivity contribution >= 4 is 27.4 Å². The van der Waals surface area contributed by atoms with Gasteiger partial charge in [-0.05, 0) is 36.4 Å². The number of hydrogen-bond acceptors (Lipinski definition) is 3. The Kier molecular flexibility index (Phi) is 6.33. The Morgan fingerprint density at radius 1 is 0.720 bits per heavy atom. The van der Waals surface area contributed by atoms with Crippen LogP contribution in [-0.4, -0.2) is 19.5 Å². The van der Waals surface area contributed by atoms with E-state index in [9.17, 15) is 13.2 Å². The highest BCUT2D eigenvalue weighted by molar-refractivity contribution is 7.91. The van der Waals surface area contributed by atoms with Crippen LogP contribution < -0.4 is 0 Å². The van der Waals surface area contributed by atoms with E-state index < -0.39 is 15.8 Å². The maximum atomic E-state index is 12.0. The maximum absolute atomic E-state index is 12.0. The molecule has 0 saturated carbocycles. The molecule has 0 bridgehead atoms. The summed E-state index contributed by atoms with van der Waals surface area (Å²) in [4.78, 5) is 11.0. The van der Waals surface area contributed by atoms with Crippen molar-refractivity contribution in [3.8, 4) is 0 Å². The fourth-order valence-electron chi connectivity index (χ4n) is 1.97. The SMILES string of the molecule is O=C(O)c1ccccc1Cl.O=S(=O)(c1ccccc1)c1ccccc1. The number of benzene rings is 3. The van der Waals surface area contributed by atoms with E-state index >= 15 is 0 Å². The molecule has 0 aliphatic carbocycles. The van der Waals surface area contributed by atoms with Gasteiger partial charge >= 0.3 is 5.97 Å². The van der Waals surface area contributed by atoms with Crippen LogP contribution in [0.4, 0.5) is 0 Å². The Hall–Kier alpha value is -2.63. The standard InChI is InChI=1S/C12H10O2S.C7H5ClO2/c13-15(14,11-7-3-1-4-8-11)12-9-5-2-6-10-12;8-6-4-2-1-3-5(6)7(9)10/h1-10H;1-4H,(H,9,10). The van der Waals surface area contributed by atoms with Crippen molar-refractivity contribution in [1.29, 1.82) is 0 Å². The molecule has 0 spiro atoms. The molecule has 128 valence electrons. The second-order valence-corrected chi connectivity index (χ2v) is 7.27. The van der Waals surface area contributed by atoms with Gasteiger partial charge in [0.2, 0.25) is 9.84 Å². The molecule has 0 aliphatic heterocycles. The van der Waals surface area contributed by atoms with E-state index in [1.807, 2.05) is 0 Å². The number of hydrogen-bond donors (Lipinski definition) is 1. The van der Waals surface area contributed by atoms with Crippen molar-refractivity contribution in [2.45, 2.75) is 9.79 Å². The van der Waals surface area contributed by atoms with E-state index in [0.29, 0.717) is 9.79 Å². The lowest BCUT2D eigenvalue weighted by Crippen LogP contribution is -2.00. The van der Waals surface area contributed by atoms with Crippen LogP contribution in [-0.2, 0) is 9.84 Å². The predicted octanol–water partition coefficient (Wildman–Crippen LogP) is 4.56. The van der Waals surface area contributed by atoms with Crippen molar-refractivity contribution in [3.05, 3.63) is 95.5 Å². The summed E-state index contributed by atoms with van der Waals surface area (Å²) < 4.78 is 24.1. The van der Waals surface area contributed by atoms with Crippen LogP contribution in [0.25, 0.3) is 0 Å². The molecule has 3 aromatic carbocycles. The molecule has 0 atom stereocenters. The lowest BCUT2D eigenvalue weighted by molar-refractivity contribution is 0.0697. The summed E-state index contributed by atoms with van der Waals surface area (Å²) in [6, 6.07) is 23.2. The number of carboxylic acid groups (broad SMARTS) is 1. The number of rotatable bonds is 3. The zero-order valence-corrected chi connectivity index (χ0v) is 14.6. The molecule has 0 fully saturated rings. The van der Waals surface area contributed by atoms with Crippen LogP contribution in [0.5, 0.6) is 0 Å². The quantitative estimate of drug-likeness (QED) is 0.729. The molecule has 0 aromatic heterocycles. The van der Waals surface area contributed by atoms with Crippen LogP contribution in [0.15, 0.2) is 94.7 Å². The van der Waals surface area contributed by atoms with Crippen molar-refractivity contribution in [2.24, 2.45) is 0 Å². The molecule has 0 unspecified atom stereocenters. The smallest absolute Gasteiger partial charge is 0.337 e. The van der Waals surface area contributed by atoms with Crippen molar-refractivity contribution in [2.75, 3.05) is 0 Å². The van der Waals surface area contributed by atoms with Gasteiger partial charge in [-0.15, -0.1) is 0 Å². The monoisotopic (exact) mass is 374 g/mol. The van der Waals surface area contributed by atoms with Crippen molar-refractivity contribution < 1.29 is 18.3 Å². The van der Waals surface area contributed by atoms with Crippen molar-refractivity contribution in [1.82, 2.24) is 0 Å². The number of sulfone groups is 1. The van der Waals surface area contributed by atoms with Gasteiger partial charge < -0.3 is 5.11 Å². The van der Waals surface area contributed by atoms with E-state index in [1.165, 1.54) is 6.07 Å². The molecule has 3 rings (SSSR count). The first-order chi connectivity index (χ1) is 11.9. The minimum absolute atomic E-state index is 0.143. The van der Waals surface area contributed by atoms with Gasteiger partial charge in [0, 0.05) is 0 Å². The maximum Gasteiger partial charge on any atom is 0.337 e. The van der Waals surface area contributed by atoms with E-state index in [0.717, 1.165) is 0 Å². The topological polar surface area (TPSA) is 71.4 Å². The average Bonchev–Trinajstić information content (AvgIpc) is 2.64. The Bertz CT molecular complexity index is 894. The van der Waals surface area contributed by atoms with Gasteiger partial charge in [-0.2, -0.15) is 0 Å². The van der Waals surface area contributed by atoms with Crippen LogP contribution >= 0.6 is 11.6 Å². The molecular weight excluding hydrogens is 360 g/mol. The summed E-state index contributed by atoms with van der Waals surface area (Å²) in [5.41, 5.74) is 0.143. The fourth-order valence-corrected chi connectivity index (χ4v) is 3.49. The third-order valence-electron chi connectivity index (χ3n) is 3.21. The normalized spacial score (nSPS) is 10.4. The third kappa shape index (κ3) is 4.92. The highest BCUT2D eigenvalue weighted by Crippen LogP contribution is 2.19. The Morgan fingerprint density at radius 2 is 1.12 bits per heavy atom. The molecule has 0 radical (unpaired) electrons. The summed E-state index contributed by atoms with van der Waals surface area (Å²) in [6.45, 7) is 0. The lowest BCUT2D eigenvalue weighted by atomic mass is 10.2. The molecule has 6 heteroatoms. The molecule has 0 amide bonds. The molecular formula is C19H15ClO4S. The van der Waals surface area contributed by atoms with Gasteiger partial charge in [-0.3, -0.25) is 0 Å². The first-order valence-electron chi connectivity index (χ1n) is 7.26. The molecule has 0 aliphatic rings. The zero-order chi connectivity index (χ0) is 18.3. The first kappa shape index (κ1) is 18.7. The molecule has 25 heavy (non-hydrogen) atoms. The summed E-state index contributed by atoms with van der Waals surface area (Å²) in [6.07, 6.45) is 0. The van der Waals surface area contributed by atoms with Gasteiger partial charge in [0.1, 0.15) is 0 Å². The summed E-state index contributed by atoms with van der Waals surface area (Å²) >= 11 is 5.54. The number of halogens is 1. The van der Waals surface area contributed by atoms with Gasteiger partial charge in [-0.25, -0.2) is 13.2 Å². The second-order valence-electron chi connectivity index (χ2n) is 4.91. The van der Waals surface area contributed by atoms with Crippen LogP contribution in [0, 0.1) is 0 Å². The summed E-state index contributed by atoms with van der Waals surface area (Å²) in [5.74, 6) is -0.995. The first-order valence-corrected chi connectivity index (χ1v) is 9.12. The minimum atomic E-state index is -3.34. The molecule has 1 N–H and O–H groups in total. The van der Waals surface area contributed by atoms with E-state index in [-0.39, 0.29) is 10.6 Å². The molecule has 4 nitrogen and oxygen atoms in total. The minimum Gasteiger partial charge on any atom is -0.478 e. The lowest BCUT2D eigenvalue weighted by Gasteiger charge is -2.03. The van der Waals surface area contributed by atoms with Crippen LogP contribution in [0.3, 0.4) is 0 Å². The average molecular weight is 375 g/mol. The zero-order valence-electron chi connectivity index (χ0n) is 13.0. The number of aromatic carboxylic acids is 1. The van der Waals surface area contributed by atoms with Gasteiger partial charge in [0.15, 0.2) is 0 Å². The molecule has 0 saturated heterocycles. The van der Waals surface area contributed by atoms with E-state index in [1.54, 1.807) is 78.9 Å². The van der Waals surface area contributed by atoms with Crippen LogP contribution in [0.1, 0.15) is 10.4 Å². The highest BCUT2D eigenvalue weighted by atomic mass is 35.5. The number of carboxylic acids is 1. The van der Waals surface area contributed by atoms with Gasteiger partial charge in [0.05, 0.1) is 20.4 Å². The summed E-state index contributed by atoms with van der Waals surface area (Å²) in [5, 5.41) is 8.75. The highest BCUT2D eigenvalue weighted by Gasteiger charge is 2.15. The predicted molar refractivity (Wildman–Crippen MR) is 96.7 cm³/mol.